The maximum Gasteiger partial charge on any atom is 0.264 e. The van der Waals surface area contributed by atoms with Crippen molar-refractivity contribution in [2.45, 2.75) is 11.8 Å². The van der Waals surface area contributed by atoms with E-state index in [9.17, 15) is 18.0 Å². The summed E-state index contributed by atoms with van der Waals surface area (Å²) in [6, 6.07) is 12.4. The van der Waals surface area contributed by atoms with Crippen molar-refractivity contribution in [2.75, 3.05) is 16.2 Å². The predicted octanol–water partition coefficient (Wildman–Crippen LogP) is 1.93. The molecule has 0 heterocycles. The minimum Gasteiger partial charge on any atom is -0.368 e. The van der Waals surface area contributed by atoms with Gasteiger partial charge in [-0.15, -0.1) is 0 Å². The molecule has 2 amide bonds. The Labute approximate surface area is 159 Å². The highest BCUT2D eigenvalue weighted by Crippen LogP contribution is 2.25. The van der Waals surface area contributed by atoms with Crippen LogP contribution in [-0.4, -0.2) is 26.8 Å². The van der Waals surface area contributed by atoms with Crippen LogP contribution < -0.4 is 15.4 Å². The summed E-state index contributed by atoms with van der Waals surface area (Å²) >= 11 is 2.10. The van der Waals surface area contributed by atoms with E-state index in [1.165, 1.54) is 31.2 Å². The Morgan fingerprint density at radius 1 is 1.08 bits per heavy atom. The number of nitrogens with zero attached hydrogens (tertiary/aromatic N) is 1. The molecule has 3 N–H and O–H groups in total. The van der Waals surface area contributed by atoms with Gasteiger partial charge < -0.3 is 11.1 Å². The average molecular weight is 473 g/mol. The molecule has 0 radical (unpaired) electrons. The van der Waals surface area contributed by atoms with Crippen molar-refractivity contribution >= 4 is 55.8 Å². The van der Waals surface area contributed by atoms with E-state index in [1.54, 1.807) is 24.3 Å². The fourth-order valence-electron chi connectivity index (χ4n) is 2.10. The summed E-state index contributed by atoms with van der Waals surface area (Å²) < 4.78 is 27.7. The lowest BCUT2D eigenvalue weighted by molar-refractivity contribution is -0.116. The van der Waals surface area contributed by atoms with Crippen molar-refractivity contribution in [1.82, 2.24) is 0 Å². The van der Waals surface area contributed by atoms with E-state index in [4.69, 9.17) is 5.73 Å². The molecule has 0 fully saturated rings. The van der Waals surface area contributed by atoms with Gasteiger partial charge in [0.2, 0.25) is 11.8 Å². The molecule has 9 heteroatoms. The molecule has 0 saturated heterocycles. The Morgan fingerprint density at radius 3 is 2.12 bits per heavy atom. The van der Waals surface area contributed by atoms with Gasteiger partial charge in [-0.3, -0.25) is 13.9 Å². The summed E-state index contributed by atoms with van der Waals surface area (Å²) in [6.07, 6.45) is 0. The summed E-state index contributed by atoms with van der Waals surface area (Å²) in [5, 5.41) is 2.56. The van der Waals surface area contributed by atoms with E-state index in [-0.39, 0.29) is 10.8 Å². The van der Waals surface area contributed by atoms with Crippen LogP contribution in [0, 0.1) is 3.57 Å². The van der Waals surface area contributed by atoms with Gasteiger partial charge in [-0.1, -0.05) is 0 Å². The third kappa shape index (κ3) is 4.92. The van der Waals surface area contributed by atoms with Gasteiger partial charge in [0.15, 0.2) is 0 Å². The van der Waals surface area contributed by atoms with Gasteiger partial charge in [0.25, 0.3) is 10.0 Å². The highest BCUT2D eigenvalue weighted by molar-refractivity contribution is 14.1. The Balaban J connectivity index is 2.42. The van der Waals surface area contributed by atoms with Gasteiger partial charge in [0.05, 0.1) is 10.6 Å². The smallest absolute Gasteiger partial charge is 0.264 e. The van der Waals surface area contributed by atoms with Gasteiger partial charge in [-0.25, -0.2) is 8.42 Å². The third-order valence-corrected chi connectivity index (χ3v) is 5.68. The topological polar surface area (TPSA) is 110 Å². The number of benzene rings is 2. The van der Waals surface area contributed by atoms with Crippen LogP contribution in [0.1, 0.15) is 6.92 Å². The largest absolute Gasteiger partial charge is 0.368 e. The molecule has 2 aromatic carbocycles. The van der Waals surface area contributed by atoms with Crippen LogP contribution in [0.3, 0.4) is 0 Å². The molecule has 25 heavy (non-hydrogen) atoms. The second kappa shape index (κ2) is 7.83. The zero-order valence-electron chi connectivity index (χ0n) is 13.3. The zero-order chi connectivity index (χ0) is 18.6. The molecule has 0 aliphatic heterocycles. The number of anilines is 2. The molecule has 0 aliphatic carbocycles. The SMILES string of the molecule is CC(=O)Nc1ccc(S(=O)(=O)N(CC(N)=O)c2ccc(I)cc2)cc1. The molecule has 0 atom stereocenters. The summed E-state index contributed by atoms with van der Waals surface area (Å²) in [5.74, 6) is -1.03. The van der Waals surface area contributed by atoms with Crippen LogP contribution in [0.2, 0.25) is 0 Å². The highest BCUT2D eigenvalue weighted by atomic mass is 127. The molecule has 0 spiro atoms. The lowest BCUT2D eigenvalue weighted by Gasteiger charge is -2.23. The maximum absolute atomic E-state index is 12.9. The number of sulfonamides is 1. The number of hydrogen-bond acceptors (Lipinski definition) is 4. The van der Waals surface area contributed by atoms with Gasteiger partial charge >= 0.3 is 0 Å². The normalized spacial score (nSPS) is 11.0. The van der Waals surface area contributed by atoms with Gasteiger partial charge in [0.1, 0.15) is 6.54 Å². The van der Waals surface area contributed by atoms with Crippen molar-refractivity contribution in [2.24, 2.45) is 5.73 Å². The molecule has 7 nitrogen and oxygen atoms in total. The number of amides is 2. The monoisotopic (exact) mass is 473 g/mol. The Bertz CT molecular complexity index is 881. The van der Waals surface area contributed by atoms with Crippen molar-refractivity contribution in [3.05, 3.63) is 52.1 Å². The first kappa shape index (κ1) is 19.2. The van der Waals surface area contributed by atoms with E-state index >= 15 is 0 Å². The van der Waals surface area contributed by atoms with Crippen LogP contribution in [0.4, 0.5) is 11.4 Å². The Hall–Kier alpha value is -2.14. The first-order valence-corrected chi connectivity index (χ1v) is 9.66. The number of nitrogens with two attached hydrogens (primary N) is 1. The third-order valence-electron chi connectivity index (χ3n) is 3.18. The average Bonchev–Trinajstić information content (AvgIpc) is 2.53. The standard InChI is InChI=1S/C16H16IN3O4S/c1-11(21)19-13-4-8-15(9-5-13)25(23,24)20(10-16(18)22)14-6-2-12(17)3-7-14/h2-9H,10H2,1H3,(H2,18,22)(H,19,21). The van der Waals surface area contributed by atoms with Gasteiger partial charge in [-0.05, 0) is 71.1 Å². The molecule has 2 rings (SSSR count). The second-order valence-corrected chi connectivity index (χ2v) is 8.27. The molecule has 0 unspecified atom stereocenters. The maximum atomic E-state index is 12.9. The van der Waals surface area contributed by atoms with Crippen LogP contribution in [-0.2, 0) is 19.6 Å². The lowest BCUT2D eigenvalue weighted by Crippen LogP contribution is -2.38. The molecule has 132 valence electrons. The summed E-state index contributed by atoms with van der Waals surface area (Å²) in [4.78, 5) is 22.4. The minimum atomic E-state index is -3.99. The second-order valence-electron chi connectivity index (χ2n) is 5.16. The lowest BCUT2D eigenvalue weighted by atomic mass is 10.3. The number of rotatable bonds is 6. The van der Waals surface area contributed by atoms with E-state index in [2.05, 4.69) is 27.9 Å². The summed E-state index contributed by atoms with van der Waals surface area (Å²) in [5.41, 5.74) is 6.03. The number of nitrogens with one attached hydrogen (secondary N) is 1. The zero-order valence-corrected chi connectivity index (χ0v) is 16.2. The van der Waals surface area contributed by atoms with Crippen molar-refractivity contribution < 1.29 is 18.0 Å². The Kier molecular flexibility index (Phi) is 6.01. The molecule has 2 aromatic rings. The van der Waals surface area contributed by atoms with E-state index in [1.807, 2.05) is 0 Å². The van der Waals surface area contributed by atoms with Crippen LogP contribution >= 0.6 is 22.6 Å². The van der Waals surface area contributed by atoms with Crippen molar-refractivity contribution in [3.8, 4) is 0 Å². The quantitative estimate of drug-likeness (QED) is 0.625. The van der Waals surface area contributed by atoms with E-state index in [0.717, 1.165) is 7.88 Å². The Morgan fingerprint density at radius 2 is 1.64 bits per heavy atom. The minimum absolute atomic E-state index is 0.0126. The number of primary amides is 1. The van der Waals surface area contributed by atoms with E-state index < -0.39 is 22.5 Å². The number of hydrogen-bond donors (Lipinski definition) is 2. The first-order chi connectivity index (χ1) is 11.7. The van der Waals surface area contributed by atoms with Crippen LogP contribution in [0.5, 0.6) is 0 Å². The van der Waals surface area contributed by atoms with Gasteiger partial charge in [-0.2, -0.15) is 0 Å². The summed E-state index contributed by atoms with van der Waals surface area (Å²) in [6.45, 7) is 0.881. The van der Waals surface area contributed by atoms with Crippen LogP contribution in [0.25, 0.3) is 0 Å². The molecule has 0 bridgehead atoms. The predicted molar refractivity (Wildman–Crippen MR) is 104 cm³/mol. The number of carbonyl (C=O) groups is 2. The van der Waals surface area contributed by atoms with Gasteiger partial charge in [0, 0.05) is 16.2 Å². The summed E-state index contributed by atoms with van der Waals surface area (Å²) in [7, 11) is -3.99. The first-order valence-electron chi connectivity index (χ1n) is 7.14. The van der Waals surface area contributed by atoms with E-state index in [0.29, 0.717) is 11.4 Å². The fraction of sp³-hybridized carbons (Fsp3) is 0.125. The molecular formula is C16H16IN3O4S. The molecule has 0 aliphatic rings. The van der Waals surface area contributed by atoms with Crippen molar-refractivity contribution in [3.63, 3.8) is 0 Å². The van der Waals surface area contributed by atoms with Crippen molar-refractivity contribution in [1.29, 1.82) is 0 Å². The molecule has 0 aromatic heterocycles. The molecule has 0 saturated carbocycles. The highest BCUT2D eigenvalue weighted by Gasteiger charge is 2.26. The number of carbonyl (C=O) groups excluding carboxylic acids is 2. The van der Waals surface area contributed by atoms with Crippen LogP contribution in [0.15, 0.2) is 53.4 Å². The molecular weight excluding hydrogens is 457 g/mol. The fourth-order valence-corrected chi connectivity index (χ4v) is 3.90. The number of halogens is 1.